The summed E-state index contributed by atoms with van der Waals surface area (Å²) >= 11 is 0. The number of H-pyrrole nitrogens is 1. The first-order valence-corrected chi connectivity index (χ1v) is 29.7. The van der Waals surface area contributed by atoms with Crippen LogP contribution in [0.3, 0.4) is 0 Å². The molecule has 3 aliphatic heterocycles. The monoisotopic (exact) mass is 1300 g/mol. The van der Waals surface area contributed by atoms with Crippen molar-refractivity contribution in [2.75, 3.05) is 32.8 Å². The lowest BCUT2D eigenvalue weighted by Gasteiger charge is -2.30. The molecule has 1 unspecified atom stereocenters. The summed E-state index contributed by atoms with van der Waals surface area (Å²) < 4.78 is 0. The van der Waals surface area contributed by atoms with Crippen LogP contribution in [0.25, 0.3) is 10.9 Å². The first kappa shape index (κ1) is 74.9. The molecule has 1 aromatic heterocycles. The van der Waals surface area contributed by atoms with Gasteiger partial charge in [-0.05, 0) is 73.8 Å². The van der Waals surface area contributed by atoms with Crippen LogP contribution in [0.4, 0.5) is 0 Å². The number of carbonyl (C=O) groups is 13. The van der Waals surface area contributed by atoms with Gasteiger partial charge in [0, 0.05) is 75.9 Å². The van der Waals surface area contributed by atoms with Crippen LogP contribution in [0.5, 0.6) is 5.75 Å². The average molecular weight is 1300 g/mol. The first-order valence-electron chi connectivity index (χ1n) is 29.7. The molecule has 0 bridgehead atoms. The Balaban J connectivity index is 0.00000217. The number of carboxylic acid groups (broad SMARTS) is 2. The molecule has 506 valence electrons. The smallest absolute Gasteiger partial charge is 0.300 e. The van der Waals surface area contributed by atoms with Gasteiger partial charge in [0.2, 0.25) is 65.0 Å². The number of amides is 11. The van der Waals surface area contributed by atoms with Crippen LogP contribution >= 0.6 is 0 Å². The second-order valence-electron chi connectivity index (χ2n) is 22.3. The number of likely N-dealkylation sites (tertiary alicyclic amines) is 1. The third kappa shape index (κ3) is 26.1. The number of aromatic amines is 1. The number of primary amides is 1. The minimum absolute atomic E-state index is 0.0153. The van der Waals surface area contributed by atoms with Crippen LogP contribution in [-0.4, -0.2) is 213 Å². The number of hydrogen-bond acceptors (Lipinski definition) is 18. The van der Waals surface area contributed by atoms with Gasteiger partial charge >= 0.3 is 0 Å². The molecule has 34 nitrogen and oxygen atoms in total. The number of aliphatic hydroxyl groups excluding tert-OH is 1. The Morgan fingerprint density at radius 2 is 1.33 bits per heavy atom. The molecule has 20 N–H and O–H groups in total. The third-order valence-corrected chi connectivity index (χ3v) is 14.2. The number of aliphatic hydroxyl groups is 1. The van der Waals surface area contributed by atoms with E-state index >= 15 is 0 Å². The fourth-order valence-electron chi connectivity index (χ4n) is 9.86. The Bertz CT molecular complexity index is 3210. The maximum absolute atomic E-state index is 14.4. The van der Waals surface area contributed by atoms with Crippen molar-refractivity contribution in [3.8, 4) is 5.75 Å². The highest BCUT2D eigenvalue weighted by atomic mass is 16.4. The highest BCUT2D eigenvalue weighted by Crippen LogP contribution is 2.22. The van der Waals surface area contributed by atoms with E-state index in [0.717, 1.165) is 13.8 Å². The van der Waals surface area contributed by atoms with Crippen molar-refractivity contribution in [2.45, 2.75) is 146 Å². The Labute approximate surface area is 533 Å². The number of hydrogen-bond donors (Lipinski definition) is 17. The molecular formula is C59H83N17O17. The summed E-state index contributed by atoms with van der Waals surface area (Å²) in [4.78, 5) is 183. The lowest BCUT2D eigenvalue weighted by molar-refractivity contribution is -0.142. The third-order valence-electron chi connectivity index (χ3n) is 14.2. The van der Waals surface area contributed by atoms with Crippen LogP contribution in [0, 0.1) is 5.92 Å². The summed E-state index contributed by atoms with van der Waals surface area (Å²) in [6.07, 6.45) is 5.21. The molecule has 6 rings (SSSR count). The summed E-state index contributed by atoms with van der Waals surface area (Å²) in [7, 11) is 0. The molecule has 0 aliphatic carbocycles. The topological polar surface area (TPSA) is 545 Å². The molecule has 0 spiro atoms. The van der Waals surface area contributed by atoms with Crippen LogP contribution in [0.15, 0.2) is 69.7 Å². The molecule has 2 aromatic carbocycles. The summed E-state index contributed by atoms with van der Waals surface area (Å²) in [6, 6.07) is 1.74. The molecular weight excluding hydrogens is 1220 g/mol. The predicted octanol–water partition coefficient (Wildman–Crippen LogP) is -4.30. The molecule has 2 saturated heterocycles. The second-order valence-corrected chi connectivity index (χ2v) is 22.3. The number of guanidine groups is 1. The molecule has 11 amide bonds. The average Bonchev–Trinajstić information content (AvgIpc) is 1.82. The van der Waals surface area contributed by atoms with E-state index in [-0.39, 0.29) is 94.4 Å². The summed E-state index contributed by atoms with van der Waals surface area (Å²) in [6.45, 7) is 3.78. The van der Waals surface area contributed by atoms with Gasteiger partial charge in [-0.15, -0.1) is 0 Å². The summed E-state index contributed by atoms with van der Waals surface area (Å²) in [5.74, 6) is -10.5. The number of aliphatic imine (C=N–C) groups is 3. The van der Waals surface area contributed by atoms with Crippen molar-refractivity contribution in [1.29, 1.82) is 0 Å². The number of aromatic hydroxyl groups is 1. The number of rotatable bonds is 31. The zero-order valence-corrected chi connectivity index (χ0v) is 51.8. The van der Waals surface area contributed by atoms with Gasteiger partial charge in [-0.1, -0.05) is 44.2 Å². The first-order chi connectivity index (χ1) is 44.0. The standard InChI is InChI=1S/C55H75N17O13.2C2H4O2/c1-29(2)19-38(49(80)67-37(9-5-17-60-55(57)58)54(85)72-18-6-10-43(72)53(84)62-25-44(56)75)66-46(77)26-63-47(78)39(20-30-11-13-33(74)14-12-30)68-52(83)42(27-73)71-50(81)40(21-31-23-61-35-8-4-3-7-34(31)35)69-51(82)41(22-32-24-59-28-64-32)70-48(79)36-15-16-45(76)65-36;2*1-2(3)4/h3-4,7-8,11-14,23-24,28-29,32,36-43,61,73-74H,5-6,9-10,15-22,25-27H2,1-2H3,(H2,56,75)(H,62,84)(H,63,78)(H,65,76)(H,66,77)(H,67,80)(H,68,83)(H,69,82)(H,70,79)(H,71,81)(H4,57,58,60);2*1H3,(H,3,4)/t32?,36-,37-,38-,39-,40-,41-,42-,43-;;/m0../s1. The SMILES string of the molecule is CC(=O)O.CC(=O)O.CC(C)C[C@H](NC(=O)CNC(=O)[C@H](Cc1ccc(O)cc1)NC(=O)[C@H](CO)NC(=O)[C@H](Cc1c[nH]c2ccccc12)NC(=O)[C@H](CC1C=NC=N1)NC(=O)[C@@H]1CCC(=O)N1)C(=O)N[C@@H](CCCN=C(N)N)C(=O)N1CCC[C@H]1C(=O)NCC(N)=O. The van der Waals surface area contributed by atoms with Gasteiger partial charge < -0.3 is 95.4 Å². The van der Waals surface area contributed by atoms with Crippen molar-refractivity contribution in [1.82, 2.24) is 57.7 Å². The maximum atomic E-state index is 14.4. The minimum atomic E-state index is -1.76. The summed E-state index contributed by atoms with van der Waals surface area (Å²) in [5.41, 5.74) is 17.9. The quantitative estimate of drug-likeness (QED) is 0.0165. The molecule has 9 atom stereocenters. The van der Waals surface area contributed by atoms with E-state index in [9.17, 15) is 63.0 Å². The molecule has 3 aromatic rings. The molecule has 2 fully saturated rings. The molecule has 93 heavy (non-hydrogen) atoms. The number of carboxylic acids is 2. The van der Waals surface area contributed by atoms with E-state index in [1.807, 2.05) is 0 Å². The number of carbonyl (C=O) groups excluding carboxylic acids is 11. The van der Waals surface area contributed by atoms with Crippen molar-refractivity contribution < 1.29 is 82.8 Å². The number of phenols is 1. The molecule has 34 heteroatoms. The predicted molar refractivity (Wildman–Crippen MR) is 335 cm³/mol. The zero-order valence-electron chi connectivity index (χ0n) is 51.8. The van der Waals surface area contributed by atoms with Crippen molar-refractivity contribution in [3.63, 3.8) is 0 Å². The lowest BCUT2D eigenvalue weighted by atomic mass is 10.0. The van der Waals surface area contributed by atoms with Gasteiger partial charge in [-0.2, -0.15) is 0 Å². The van der Waals surface area contributed by atoms with E-state index < -0.39 is 145 Å². The number of aliphatic carboxylic acids is 2. The van der Waals surface area contributed by atoms with Crippen molar-refractivity contribution in [2.24, 2.45) is 38.1 Å². The molecule has 4 heterocycles. The van der Waals surface area contributed by atoms with Gasteiger partial charge in [0.15, 0.2) is 5.96 Å². The van der Waals surface area contributed by atoms with Gasteiger partial charge in [0.1, 0.15) is 60.4 Å². The maximum Gasteiger partial charge on any atom is 0.300 e. The van der Waals surface area contributed by atoms with Gasteiger partial charge in [-0.25, -0.2) is 4.99 Å². The number of benzene rings is 2. The molecule has 0 radical (unpaired) electrons. The summed E-state index contributed by atoms with van der Waals surface area (Å²) in [5, 5.41) is 59.3. The van der Waals surface area contributed by atoms with E-state index in [4.69, 9.17) is 37.0 Å². The van der Waals surface area contributed by atoms with E-state index in [1.165, 1.54) is 41.7 Å². The second kappa shape index (κ2) is 37.6. The Morgan fingerprint density at radius 1 is 0.720 bits per heavy atom. The fourth-order valence-corrected chi connectivity index (χ4v) is 9.86. The van der Waals surface area contributed by atoms with E-state index in [0.29, 0.717) is 28.5 Å². The number of aromatic nitrogens is 1. The van der Waals surface area contributed by atoms with Crippen LogP contribution in [0.1, 0.15) is 90.2 Å². The number of fused-ring (bicyclic) bond motifs is 1. The Kier molecular flexibility index (Phi) is 30.3. The molecule has 0 saturated carbocycles. The molecule has 3 aliphatic rings. The lowest BCUT2D eigenvalue weighted by Crippen LogP contribution is -2.60. The van der Waals surface area contributed by atoms with Crippen molar-refractivity contribution >= 4 is 106 Å². The number of phenolic OH excluding ortho intramolecular Hbond substituents is 1. The number of nitrogens with one attached hydrogen (secondary N) is 10. The highest BCUT2D eigenvalue weighted by Gasteiger charge is 2.40. The van der Waals surface area contributed by atoms with Gasteiger partial charge in [0.25, 0.3) is 11.9 Å². The number of nitrogens with zero attached hydrogens (tertiary/aromatic N) is 4. The van der Waals surface area contributed by atoms with Crippen LogP contribution < -0.4 is 65.1 Å². The number of para-hydroxylation sites is 1. The van der Waals surface area contributed by atoms with Gasteiger partial charge in [-0.3, -0.25) is 72.3 Å². The van der Waals surface area contributed by atoms with Crippen LogP contribution in [-0.2, 0) is 75.2 Å². The van der Waals surface area contributed by atoms with Gasteiger partial charge in [0.05, 0.1) is 25.7 Å². The largest absolute Gasteiger partial charge is 0.508 e. The minimum Gasteiger partial charge on any atom is -0.508 e. The van der Waals surface area contributed by atoms with E-state index in [1.54, 1.807) is 44.3 Å². The van der Waals surface area contributed by atoms with Crippen molar-refractivity contribution in [3.05, 3.63) is 65.9 Å². The normalized spacial score (nSPS) is 17.2. The number of nitrogens with two attached hydrogens (primary N) is 3. The fraction of sp³-hybridized carbons (Fsp3) is 0.492. The van der Waals surface area contributed by atoms with Crippen LogP contribution in [0.2, 0.25) is 0 Å². The highest BCUT2D eigenvalue weighted by molar-refractivity contribution is 5.99. The Hall–Kier alpha value is -10.5. The zero-order chi connectivity index (χ0) is 68.9. The Morgan fingerprint density at radius 3 is 1.94 bits per heavy atom. The van der Waals surface area contributed by atoms with E-state index in [2.05, 4.69) is 67.8 Å².